The minimum absolute atomic E-state index is 0.152. The van der Waals surface area contributed by atoms with E-state index in [1.54, 1.807) is 26.0 Å². The highest BCUT2D eigenvalue weighted by Gasteiger charge is 2.32. The molecule has 130 valence electrons. The van der Waals surface area contributed by atoms with E-state index in [0.717, 1.165) is 0 Å². The normalized spacial score (nSPS) is 17.4. The van der Waals surface area contributed by atoms with Crippen LogP contribution in [0.5, 0.6) is 0 Å². The van der Waals surface area contributed by atoms with Crippen LogP contribution in [0.1, 0.15) is 19.4 Å². The van der Waals surface area contributed by atoms with Crippen LogP contribution in [-0.4, -0.2) is 32.0 Å². The Kier molecular flexibility index (Phi) is 6.34. The van der Waals surface area contributed by atoms with E-state index >= 15 is 0 Å². The Morgan fingerprint density at radius 2 is 2.12 bits per heavy atom. The summed E-state index contributed by atoms with van der Waals surface area (Å²) in [4.78, 5) is 12.5. The Balaban J connectivity index is 2.28. The number of nitrogens with one attached hydrogen (secondary N) is 1. The summed E-state index contributed by atoms with van der Waals surface area (Å²) in [5, 5.41) is 4.45. The third kappa shape index (κ3) is 4.13. The molecular formula is C17H20ClFN2O3. The van der Waals surface area contributed by atoms with Gasteiger partial charge in [-0.1, -0.05) is 17.7 Å². The average Bonchev–Trinajstić information content (AvgIpc) is 2.54. The Morgan fingerprint density at radius 3 is 2.79 bits per heavy atom. The summed E-state index contributed by atoms with van der Waals surface area (Å²) in [6, 6.07) is 4.52. The number of hydrogen-bond donors (Lipinski definition) is 1. The van der Waals surface area contributed by atoms with Gasteiger partial charge in [-0.2, -0.15) is 5.10 Å². The summed E-state index contributed by atoms with van der Waals surface area (Å²) in [5.74, 6) is -1.51. The van der Waals surface area contributed by atoms with Crippen molar-refractivity contribution in [2.45, 2.75) is 20.3 Å². The lowest BCUT2D eigenvalue weighted by Crippen LogP contribution is -2.34. The number of allylic oxidation sites excluding steroid dienone is 1. The zero-order valence-corrected chi connectivity index (χ0v) is 14.6. The quantitative estimate of drug-likeness (QED) is 0.630. The Morgan fingerprint density at radius 1 is 1.38 bits per heavy atom. The van der Waals surface area contributed by atoms with Gasteiger partial charge >= 0.3 is 5.97 Å². The van der Waals surface area contributed by atoms with Crippen molar-refractivity contribution in [3.63, 3.8) is 0 Å². The van der Waals surface area contributed by atoms with Gasteiger partial charge in [-0.05, 0) is 31.6 Å². The molecule has 1 heterocycles. The molecule has 7 heteroatoms. The predicted molar refractivity (Wildman–Crippen MR) is 90.4 cm³/mol. The van der Waals surface area contributed by atoms with Gasteiger partial charge < -0.3 is 9.47 Å². The molecule has 0 saturated heterocycles. The van der Waals surface area contributed by atoms with E-state index in [-0.39, 0.29) is 13.0 Å². The fourth-order valence-electron chi connectivity index (χ4n) is 2.53. The standard InChI is InChI=1S/C17H20ClFN2O3/c1-10-12(9-13-14(18)5-4-6-15(13)19)16(11(2)21-20-10)17(22)24-8-7-23-3/h4-6,16,20H,7-9H2,1-3H3. The second kappa shape index (κ2) is 8.26. The number of hydrogen-bond acceptors (Lipinski definition) is 5. The van der Waals surface area contributed by atoms with Crippen LogP contribution in [-0.2, 0) is 20.7 Å². The zero-order chi connectivity index (χ0) is 17.7. The molecule has 1 unspecified atom stereocenters. The van der Waals surface area contributed by atoms with Gasteiger partial charge in [0.25, 0.3) is 0 Å². The molecular weight excluding hydrogens is 335 g/mol. The van der Waals surface area contributed by atoms with Crippen molar-refractivity contribution >= 4 is 23.3 Å². The van der Waals surface area contributed by atoms with Gasteiger partial charge in [-0.15, -0.1) is 0 Å². The van der Waals surface area contributed by atoms with Crippen LogP contribution in [0.25, 0.3) is 0 Å². The first-order chi connectivity index (χ1) is 11.5. The molecule has 1 aliphatic rings. The highest BCUT2D eigenvalue weighted by molar-refractivity contribution is 6.31. The van der Waals surface area contributed by atoms with E-state index in [2.05, 4.69) is 10.5 Å². The van der Waals surface area contributed by atoms with Gasteiger partial charge in [-0.25, -0.2) is 4.39 Å². The van der Waals surface area contributed by atoms with Gasteiger partial charge in [0.2, 0.25) is 0 Å². The van der Waals surface area contributed by atoms with E-state index in [4.69, 9.17) is 21.1 Å². The predicted octanol–water partition coefficient (Wildman–Crippen LogP) is 3.08. The fourth-order valence-corrected chi connectivity index (χ4v) is 2.75. The first-order valence-electron chi connectivity index (χ1n) is 7.54. The van der Waals surface area contributed by atoms with E-state index in [9.17, 15) is 9.18 Å². The second-order valence-corrected chi connectivity index (χ2v) is 5.89. The minimum atomic E-state index is -0.668. The van der Waals surface area contributed by atoms with Crippen LogP contribution in [0.3, 0.4) is 0 Å². The lowest BCUT2D eigenvalue weighted by atomic mass is 9.87. The molecule has 1 N–H and O–H groups in total. The summed E-state index contributed by atoms with van der Waals surface area (Å²) in [6.07, 6.45) is 0.196. The number of hydrazone groups is 1. The second-order valence-electron chi connectivity index (χ2n) is 5.49. The minimum Gasteiger partial charge on any atom is -0.462 e. The molecule has 0 bridgehead atoms. The van der Waals surface area contributed by atoms with E-state index in [1.165, 1.54) is 13.2 Å². The monoisotopic (exact) mass is 354 g/mol. The highest BCUT2D eigenvalue weighted by Crippen LogP contribution is 2.29. The lowest BCUT2D eigenvalue weighted by Gasteiger charge is -2.26. The maximum atomic E-state index is 14.1. The van der Waals surface area contributed by atoms with Crippen molar-refractivity contribution in [2.24, 2.45) is 11.0 Å². The largest absolute Gasteiger partial charge is 0.462 e. The molecule has 24 heavy (non-hydrogen) atoms. The van der Waals surface area contributed by atoms with Gasteiger partial charge in [0, 0.05) is 29.8 Å². The molecule has 0 radical (unpaired) electrons. The summed E-state index contributed by atoms with van der Waals surface area (Å²) in [5.41, 5.74) is 5.15. The topological polar surface area (TPSA) is 59.9 Å². The number of carbonyl (C=O) groups excluding carboxylic acids is 1. The van der Waals surface area contributed by atoms with Crippen LogP contribution in [0.2, 0.25) is 5.02 Å². The number of ether oxygens (including phenoxy) is 2. The van der Waals surface area contributed by atoms with E-state index in [0.29, 0.717) is 34.2 Å². The van der Waals surface area contributed by atoms with Crippen molar-refractivity contribution in [3.8, 4) is 0 Å². The van der Waals surface area contributed by atoms with Crippen molar-refractivity contribution in [1.82, 2.24) is 5.43 Å². The molecule has 0 aliphatic carbocycles. The third-order valence-corrected chi connectivity index (χ3v) is 4.20. The molecule has 5 nitrogen and oxygen atoms in total. The van der Waals surface area contributed by atoms with Crippen LogP contribution in [0.4, 0.5) is 4.39 Å². The van der Waals surface area contributed by atoms with E-state index in [1.807, 2.05) is 0 Å². The number of carbonyl (C=O) groups is 1. The number of rotatable bonds is 6. The van der Waals surface area contributed by atoms with Crippen molar-refractivity contribution in [3.05, 3.63) is 45.9 Å². The molecule has 0 amide bonds. The molecule has 0 aromatic heterocycles. The summed E-state index contributed by atoms with van der Waals surface area (Å²) < 4.78 is 24.2. The molecule has 1 aliphatic heterocycles. The third-order valence-electron chi connectivity index (χ3n) is 3.84. The van der Waals surface area contributed by atoms with Crippen molar-refractivity contribution in [1.29, 1.82) is 0 Å². The molecule has 0 saturated carbocycles. The van der Waals surface area contributed by atoms with Crippen LogP contribution in [0, 0.1) is 11.7 Å². The molecule has 0 fully saturated rings. The Bertz CT molecular complexity index is 668. The maximum absolute atomic E-state index is 14.1. The first kappa shape index (κ1) is 18.4. The van der Waals surface area contributed by atoms with Crippen LogP contribution < -0.4 is 5.43 Å². The molecule has 2 rings (SSSR count). The average molecular weight is 355 g/mol. The molecule has 1 aromatic rings. The number of benzene rings is 1. The number of esters is 1. The highest BCUT2D eigenvalue weighted by atomic mass is 35.5. The van der Waals surface area contributed by atoms with Gasteiger partial charge in [0.15, 0.2) is 0 Å². The fraction of sp³-hybridized carbons (Fsp3) is 0.412. The summed E-state index contributed by atoms with van der Waals surface area (Å²) in [7, 11) is 1.53. The zero-order valence-electron chi connectivity index (χ0n) is 13.9. The van der Waals surface area contributed by atoms with Gasteiger partial charge in [0.1, 0.15) is 18.3 Å². The Labute approximate surface area is 145 Å². The number of nitrogens with zero attached hydrogens (tertiary/aromatic N) is 1. The smallest absolute Gasteiger partial charge is 0.319 e. The Hall–Kier alpha value is -1.92. The first-order valence-corrected chi connectivity index (χ1v) is 7.91. The molecule has 0 spiro atoms. The summed E-state index contributed by atoms with van der Waals surface area (Å²) in [6.45, 7) is 3.98. The van der Waals surface area contributed by atoms with E-state index < -0.39 is 17.7 Å². The van der Waals surface area contributed by atoms with Crippen molar-refractivity contribution in [2.75, 3.05) is 20.3 Å². The number of halogens is 2. The summed E-state index contributed by atoms with van der Waals surface area (Å²) >= 11 is 6.12. The van der Waals surface area contributed by atoms with Crippen molar-refractivity contribution < 1.29 is 18.7 Å². The maximum Gasteiger partial charge on any atom is 0.319 e. The molecule has 1 atom stereocenters. The number of methoxy groups -OCH3 is 1. The lowest BCUT2D eigenvalue weighted by molar-refractivity contribution is -0.146. The van der Waals surface area contributed by atoms with Crippen LogP contribution >= 0.6 is 11.6 Å². The van der Waals surface area contributed by atoms with Crippen LogP contribution in [0.15, 0.2) is 34.6 Å². The van der Waals surface area contributed by atoms with Gasteiger partial charge in [-0.3, -0.25) is 10.2 Å². The molecule has 1 aromatic carbocycles. The van der Waals surface area contributed by atoms with Gasteiger partial charge in [0.05, 0.1) is 12.3 Å². The SMILES string of the molecule is COCCOC(=O)C1C(C)=NNC(C)=C1Cc1c(F)cccc1Cl.